The predicted octanol–water partition coefficient (Wildman–Crippen LogP) is 3.88. The van der Waals surface area contributed by atoms with Gasteiger partial charge in [-0.3, -0.25) is 4.79 Å². The molecule has 0 aliphatic rings. The van der Waals surface area contributed by atoms with E-state index in [-0.39, 0.29) is 5.91 Å². The number of carbonyl (C=O) groups is 1. The molecule has 0 unspecified atom stereocenters. The van der Waals surface area contributed by atoms with Crippen molar-refractivity contribution in [1.82, 2.24) is 15.1 Å². The minimum Gasteiger partial charge on any atom is -0.385 e. The van der Waals surface area contributed by atoms with Crippen molar-refractivity contribution in [3.63, 3.8) is 0 Å². The summed E-state index contributed by atoms with van der Waals surface area (Å²) in [7, 11) is 1.68. The molecular formula is C18H23Cl2N3O2. The van der Waals surface area contributed by atoms with E-state index >= 15 is 0 Å². The van der Waals surface area contributed by atoms with E-state index in [0.717, 1.165) is 35.5 Å². The first-order chi connectivity index (χ1) is 11.9. The van der Waals surface area contributed by atoms with Crippen LogP contribution in [0.3, 0.4) is 0 Å². The standard InChI is InChI=1S/C18H23Cl2N3O2/c1-12-15(11-18(24)21-8-4-5-9-25-3)13(2)23(22-12)14-6-7-16(19)17(20)10-14/h6-7,10H,4-5,8-9,11H2,1-3H3,(H,21,24). The molecule has 136 valence electrons. The van der Waals surface area contributed by atoms with E-state index in [2.05, 4.69) is 10.4 Å². The number of aryl methyl sites for hydroxylation is 1. The van der Waals surface area contributed by atoms with Gasteiger partial charge >= 0.3 is 0 Å². The minimum absolute atomic E-state index is 0.00250. The Hall–Kier alpha value is -1.56. The quantitative estimate of drug-likeness (QED) is 0.703. The minimum atomic E-state index is -0.00250. The van der Waals surface area contributed by atoms with E-state index in [4.69, 9.17) is 27.9 Å². The molecule has 7 heteroatoms. The molecule has 1 aromatic heterocycles. The molecule has 5 nitrogen and oxygen atoms in total. The third kappa shape index (κ3) is 5.21. The highest BCUT2D eigenvalue weighted by atomic mass is 35.5. The van der Waals surface area contributed by atoms with Crippen molar-refractivity contribution in [1.29, 1.82) is 0 Å². The molecule has 0 spiro atoms. The predicted molar refractivity (Wildman–Crippen MR) is 101 cm³/mol. The summed E-state index contributed by atoms with van der Waals surface area (Å²) in [5, 5.41) is 8.46. The number of unbranched alkanes of at least 4 members (excludes halogenated alkanes) is 1. The first-order valence-electron chi connectivity index (χ1n) is 8.20. The summed E-state index contributed by atoms with van der Waals surface area (Å²) >= 11 is 12.1. The molecule has 0 radical (unpaired) electrons. The van der Waals surface area contributed by atoms with Crippen LogP contribution in [0.25, 0.3) is 5.69 Å². The fraction of sp³-hybridized carbons (Fsp3) is 0.444. The number of amides is 1. The lowest BCUT2D eigenvalue weighted by Crippen LogP contribution is -2.26. The number of halogens is 2. The van der Waals surface area contributed by atoms with Crippen LogP contribution in [0.5, 0.6) is 0 Å². The first-order valence-corrected chi connectivity index (χ1v) is 8.95. The van der Waals surface area contributed by atoms with Crippen LogP contribution in [0.15, 0.2) is 18.2 Å². The van der Waals surface area contributed by atoms with Gasteiger partial charge in [0.05, 0.1) is 27.8 Å². The maximum absolute atomic E-state index is 12.2. The average molecular weight is 384 g/mol. The molecule has 2 aromatic rings. The summed E-state index contributed by atoms with van der Waals surface area (Å²) in [4.78, 5) is 12.2. The van der Waals surface area contributed by atoms with Gasteiger partial charge in [0.15, 0.2) is 0 Å². The Morgan fingerprint density at radius 3 is 2.68 bits per heavy atom. The van der Waals surface area contributed by atoms with Gasteiger partial charge in [0, 0.05) is 31.5 Å². The topological polar surface area (TPSA) is 56.1 Å². The fourth-order valence-electron chi connectivity index (χ4n) is 2.62. The fourth-order valence-corrected chi connectivity index (χ4v) is 2.91. The van der Waals surface area contributed by atoms with Gasteiger partial charge in [-0.05, 0) is 44.9 Å². The molecule has 0 aliphatic carbocycles. The van der Waals surface area contributed by atoms with Gasteiger partial charge in [-0.15, -0.1) is 0 Å². The molecule has 1 amide bonds. The number of benzene rings is 1. The van der Waals surface area contributed by atoms with Crippen LogP contribution >= 0.6 is 23.2 Å². The van der Waals surface area contributed by atoms with Crippen LogP contribution < -0.4 is 5.32 Å². The molecule has 0 bridgehead atoms. The number of nitrogens with one attached hydrogen (secondary N) is 1. The molecule has 0 saturated heterocycles. The monoisotopic (exact) mass is 383 g/mol. The van der Waals surface area contributed by atoms with Gasteiger partial charge in [0.2, 0.25) is 5.91 Å². The Bertz CT molecular complexity index is 744. The van der Waals surface area contributed by atoms with Gasteiger partial charge < -0.3 is 10.1 Å². The molecule has 1 aromatic carbocycles. The molecule has 2 rings (SSSR count). The number of rotatable bonds is 8. The van der Waals surface area contributed by atoms with Gasteiger partial charge in [0.1, 0.15) is 0 Å². The molecule has 1 N–H and O–H groups in total. The Morgan fingerprint density at radius 1 is 1.24 bits per heavy atom. The number of hydrogen-bond acceptors (Lipinski definition) is 3. The van der Waals surface area contributed by atoms with Crippen LogP contribution in [0.4, 0.5) is 0 Å². The molecule has 0 fully saturated rings. The zero-order valence-corrected chi connectivity index (χ0v) is 16.2. The molecule has 0 saturated carbocycles. The van der Waals surface area contributed by atoms with E-state index in [1.54, 1.807) is 23.9 Å². The Kier molecular flexibility index (Phi) is 7.29. The second-order valence-electron chi connectivity index (χ2n) is 5.89. The highest BCUT2D eigenvalue weighted by molar-refractivity contribution is 6.42. The van der Waals surface area contributed by atoms with Crippen LogP contribution in [0, 0.1) is 13.8 Å². The zero-order chi connectivity index (χ0) is 18.4. The smallest absolute Gasteiger partial charge is 0.224 e. The summed E-state index contributed by atoms with van der Waals surface area (Å²) < 4.78 is 6.79. The van der Waals surface area contributed by atoms with Gasteiger partial charge in [-0.2, -0.15) is 5.10 Å². The molecular weight excluding hydrogens is 361 g/mol. The number of nitrogens with zero attached hydrogens (tertiary/aromatic N) is 2. The highest BCUT2D eigenvalue weighted by Crippen LogP contribution is 2.26. The largest absolute Gasteiger partial charge is 0.385 e. The van der Waals surface area contributed by atoms with Crippen LogP contribution in [-0.4, -0.2) is 35.9 Å². The average Bonchev–Trinajstić information content (AvgIpc) is 2.85. The van der Waals surface area contributed by atoms with Crippen molar-refractivity contribution in [2.24, 2.45) is 0 Å². The number of ether oxygens (including phenoxy) is 1. The van der Waals surface area contributed by atoms with E-state index in [1.807, 2.05) is 19.9 Å². The second-order valence-corrected chi connectivity index (χ2v) is 6.70. The Labute approximate surface area is 158 Å². The lowest BCUT2D eigenvalue weighted by molar-refractivity contribution is -0.120. The van der Waals surface area contributed by atoms with E-state index in [0.29, 0.717) is 29.6 Å². The van der Waals surface area contributed by atoms with Crippen molar-refractivity contribution in [2.75, 3.05) is 20.3 Å². The van der Waals surface area contributed by atoms with E-state index < -0.39 is 0 Å². The van der Waals surface area contributed by atoms with Crippen molar-refractivity contribution < 1.29 is 9.53 Å². The number of aromatic nitrogens is 2. The van der Waals surface area contributed by atoms with Crippen molar-refractivity contribution in [2.45, 2.75) is 33.1 Å². The first kappa shape index (κ1) is 19.8. The van der Waals surface area contributed by atoms with Crippen LogP contribution in [-0.2, 0) is 16.0 Å². The lowest BCUT2D eigenvalue weighted by Gasteiger charge is -2.08. The molecule has 0 aliphatic heterocycles. The number of hydrogen-bond donors (Lipinski definition) is 1. The zero-order valence-electron chi connectivity index (χ0n) is 14.7. The van der Waals surface area contributed by atoms with Crippen molar-refractivity contribution in [3.8, 4) is 5.69 Å². The lowest BCUT2D eigenvalue weighted by atomic mass is 10.1. The third-order valence-corrected chi connectivity index (χ3v) is 4.76. The van der Waals surface area contributed by atoms with Gasteiger partial charge in [-0.1, -0.05) is 23.2 Å². The molecule has 25 heavy (non-hydrogen) atoms. The second kappa shape index (κ2) is 9.22. The van der Waals surface area contributed by atoms with E-state index in [9.17, 15) is 4.79 Å². The maximum atomic E-state index is 12.2. The molecule has 0 atom stereocenters. The summed E-state index contributed by atoms with van der Waals surface area (Å²) in [6, 6.07) is 5.36. The summed E-state index contributed by atoms with van der Waals surface area (Å²) in [6.07, 6.45) is 2.15. The number of methoxy groups -OCH3 is 1. The SMILES string of the molecule is COCCCCNC(=O)Cc1c(C)nn(-c2ccc(Cl)c(Cl)c2)c1C. The van der Waals surface area contributed by atoms with Crippen molar-refractivity contribution in [3.05, 3.63) is 45.2 Å². The Morgan fingerprint density at radius 2 is 2.00 bits per heavy atom. The summed E-state index contributed by atoms with van der Waals surface area (Å²) in [5.41, 5.74) is 3.50. The maximum Gasteiger partial charge on any atom is 0.224 e. The normalized spacial score (nSPS) is 10.9. The highest BCUT2D eigenvalue weighted by Gasteiger charge is 2.16. The Balaban J connectivity index is 2.06. The van der Waals surface area contributed by atoms with Crippen molar-refractivity contribution >= 4 is 29.1 Å². The third-order valence-electron chi connectivity index (χ3n) is 4.02. The van der Waals surface area contributed by atoms with Crippen LogP contribution in [0.1, 0.15) is 29.8 Å². The molecule has 1 heterocycles. The summed E-state index contributed by atoms with van der Waals surface area (Å²) in [5.74, 6) is -0.00250. The van der Waals surface area contributed by atoms with Crippen LogP contribution in [0.2, 0.25) is 10.0 Å². The van der Waals surface area contributed by atoms with Gasteiger partial charge in [0.25, 0.3) is 0 Å². The summed E-state index contributed by atoms with van der Waals surface area (Å²) in [6.45, 7) is 5.22. The van der Waals surface area contributed by atoms with Gasteiger partial charge in [-0.25, -0.2) is 4.68 Å². The number of carbonyl (C=O) groups excluding carboxylic acids is 1. The van der Waals surface area contributed by atoms with E-state index in [1.165, 1.54) is 0 Å².